The van der Waals surface area contributed by atoms with Crippen molar-refractivity contribution in [1.82, 2.24) is 9.97 Å². The molecule has 19 heavy (non-hydrogen) atoms. The van der Waals surface area contributed by atoms with Crippen LogP contribution in [0.1, 0.15) is 38.4 Å². The number of hydrogen-bond donors (Lipinski definition) is 2. The molecule has 0 spiro atoms. The minimum Gasteiger partial charge on any atom is -0.376 e. The highest BCUT2D eigenvalue weighted by atomic mass is 16.5. The van der Waals surface area contributed by atoms with Gasteiger partial charge in [-0.3, -0.25) is 0 Å². The molecule has 1 saturated carbocycles. The van der Waals surface area contributed by atoms with E-state index in [0.717, 1.165) is 37.0 Å². The van der Waals surface area contributed by atoms with Crippen molar-refractivity contribution in [2.75, 3.05) is 30.8 Å². The van der Waals surface area contributed by atoms with Crippen molar-refractivity contribution in [3.63, 3.8) is 0 Å². The molecule has 5 heteroatoms. The summed E-state index contributed by atoms with van der Waals surface area (Å²) in [5.74, 6) is 2.57. The van der Waals surface area contributed by atoms with E-state index >= 15 is 0 Å². The van der Waals surface area contributed by atoms with Gasteiger partial charge in [-0.25, -0.2) is 9.97 Å². The van der Waals surface area contributed by atoms with E-state index in [1.54, 1.807) is 0 Å². The second-order valence-electron chi connectivity index (χ2n) is 4.86. The molecule has 0 aliphatic heterocycles. The fraction of sp³-hybridized carbons (Fsp3) is 0.714. The van der Waals surface area contributed by atoms with Crippen molar-refractivity contribution in [2.24, 2.45) is 0 Å². The molecule has 1 aliphatic carbocycles. The zero-order valence-corrected chi connectivity index (χ0v) is 11.9. The third kappa shape index (κ3) is 4.35. The van der Waals surface area contributed by atoms with E-state index in [1.807, 2.05) is 13.1 Å². The standard InChI is InChI=1S/C14H24N4O/c1-3-12-17-13(15-2)10-14(18-12)16-8-9-19-11-6-4-5-7-11/h10-11H,3-9H2,1-2H3,(H2,15,16,17,18). The lowest BCUT2D eigenvalue weighted by Crippen LogP contribution is -2.16. The zero-order valence-electron chi connectivity index (χ0n) is 11.9. The van der Waals surface area contributed by atoms with Gasteiger partial charge < -0.3 is 15.4 Å². The SMILES string of the molecule is CCc1nc(NC)cc(NCCOC2CCCC2)n1. The maximum Gasteiger partial charge on any atom is 0.132 e. The molecule has 1 aromatic heterocycles. The minimum absolute atomic E-state index is 0.478. The van der Waals surface area contributed by atoms with Crippen LogP contribution in [-0.2, 0) is 11.2 Å². The summed E-state index contributed by atoms with van der Waals surface area (Å²) in [5, 5.41) is 6.36. The van der Waals surface area contributed by atoms with E-state index in [4.69, 9.17) is 4.74 Å². The number of nitrogens with one attached hydrogen (secondary N) is 2. The number of hydrogen-bond acceptors (Lipinski definition) is 5. The molecule has 0 radical (unpaired) electrons. The van der Waals surface area contributed by atoms with Gasteiger partial charge in [0.2, 0.25) is 0 Å². The molecule has 0 saturated heterocycles. The first-order chi connectivity index (χ1) is 9.31. The number of ether oxygens (including phenoxy) is 1. The fourth-order valence-electron chi connectivity index (χ4n) is 2.33. The Morgan fingerprint density at radius 3 is 2.68 bits per heavy atom. The van der Waals surface area contributed by atoms with Crippen molar-refractivity contribution in [3.05, 3.63) is 11.9 Å². The smallest absolute Gasteiger partial charge is 0.132 e. The lowest BCUT2D eigenvalue weighted by atomic mass is 10.3. The number of anilines is 2. The Labute approximate surface area is 115 Å². The molecule has 0 atom stereocenters. The van der Waals surface area contributed by atoms with Crippen LogP contribution in [0.4, 0.5) is 11.6 Å². The van der Waals surface area contributed by atoms with E-state index in [0.29, 0.717) is 6.10 Å². The molecule has 1 aromatic rings. The molecular weight excluding hydrogens is 240 g/mol. The van der Waals surface area contributed by atoms with Gasteiger partial charge in [0.25, 0.3) is 0 Å². The van der Waals surface area contributed by atoms with Crippen LogP contribution in [-0.4, -0.2) is 36.3 Å². The summed E-state index contributed by atoms with van der Waals surface area (Å²) in [7, 11) is 1.87. The van der Waals surface area contributed by atoms with E-state index in [-0.39, 0.29) is 0 Å². The molecular formula is C14H24N4O. The molecule has 1 aliphatic rings. The quantitative estimate of drug-likeness (QED) is 0.741. The lowest BCUT2D eigenvalue weighted by molar-refractivity contribution is 0.0658. The van der Waals surface area contributed by atoms with Crippen LogP contribution >= 0.6 is 0 Å². The first-order valence-electron chi connectivity index (χ1n) is 7.23. The second kappa shape index (κ2) is 7.28. The van der Waals surface area contributed by atoms with Crippen LogP contribution in [0, 0.1) is 0 Å². The highest BCUT2D eigenvalue weighted by molar-refractivity contribution is 5.47. The van der Waals surface area contributed by atoms with Crippen LogP contribution in [0.2, 0.25) is 0 Å². The molecule has 2 N–H and O–H groups in total. The normalized spacial score (nSPS) is 15.7. The number of nitrogens with zero attached hydrogens (tertiary/aromatic N) is 2. The Balaban J connectivity index is 1.77. The van der Waals surface area contributed by atoms with Crippen LogP contribution in [0.3, 0.4) is 0 Å². The minimum atomic E-state index is 0.478. The maximum absolute atomic E-state index is 5.82. The van der Waals surface area contributed by atoms with Crippen LogP contribution in [0.5, 0.6) is 0 Å². The molecule has 2 rings (SSSR count). The third-order valence-electron chi connectivity index (χ3n) is 3.41. The van der Waals surface area contributed by atoms with Crippen molar-refractivity contribution >= 4 is 11.6 Å². The topological polar surface area (TPSA) is 59.1 Å². The van der Waals surface area contributed by atoms with Crippen molar-refractivity contribution < 1.29 is 4.74 Å². The van der Waals surface area contributed by atoms with Crippen molar-refractivity contribution in [1.29, 1.82) is 0 Å². The first kappa shape index (κ1) is 14.1. The van der Waals surface area contributed by atoms with Gasteiger partial charge in [0.1, 0.15) is 17.5 Å². The van der Waals surface area contributed by atoms with E-state index in [2.05, 4.69) is 27.5 Å². The average Bonchev–Trinajstić information content (AvgIpc) is 2.96. The lowest BCUT2D eigenvalue weighted by Gasteiger charge is -2.12. The monoisotopic (exact) mass is 264 g/mol. The Kier molecular flexibility index (Phi) is 5.39. The van der Waals surface area contributed by atoms with Gasteiger partial charge in [0.15, 0.2) is 0 Å². The summed E-state index contributed by atoms with van der Waals surface area (Å²) in [5.41, 5.74) is 0. The molecule has 1 fully saturated rings. The van der Waals surface area contributed by atoms with Crippen LogP contribution in [0.25, 0.3) is 0 Å². The van der Waals surface area contributed by atoms with Crippen LogP contribution in [0.15, 0.2) is 6.07 Å². The highest BCUT2D eigenvalue weighted by Crippen LogP contribution is 2.20. The number of aromatic nitrogens is 2. The molecule has 106 valence electrons. The van der Waals surface area contributed by atoms with Crippen LogP contribution < -0.4 is 10.6 Å². The molecule has 0 amide bonds. The molecule has 5 nitrogen and oxygen atoms in total. The summed E-state index contributed by atoms with van der Waals surface area (Å²) in [6, 6.07) is 1.93. The summed E-state index contributed by atoms with van der Waals surface area (Å²) in [6.45, 7) is 3.59. The number of rotatable bonds is 7. The highest BCUT2D eigenvalue weighted by Gasteiger charge is 2.14. The van der Waals surface area contributed by atoms with Gasteiger partial charge in [0, 0.05) is 26.1 Å². The van der Waals surface area contributed by atoms with Gasteiger partial charge in [-0.1, -0.05) is 19.8 Å². The maximum atomic E-state index is 5.82. The van der Waals surface area contributed by atoms with Gasteiger partial charge in [-0.05, 0) is 12.8 Å². The predicted octanol–water partition coefficient (Wildman–Crippen LogP) is 2.45. The van der Waals surface area contributed by atoms with Crippen molar-refractivity contribution in [2.45, 2.75) is 45.1 Å². The van der Waals surface area contributed by atoms with Gasteiger partial charge in [-0.15, -0.1) is 0 Å². The Morgan fingerprint density at radius 1 is 1.26 bits per heavy atom. The largest absolute Gasteiger partial charge is 0.376 e. The molecule has 1 heterocycles. The summed E-state index contributed by atoms with van der Waals surface area (Å²) < 4.78 is 5.82. The van der Waals surface area contributed by atoms with Gasteiger partial charge in [-0.2, -0.15) is 0 Å². The van der Waals surface area contributed by atoms with E-state index < -0.39 is 0 Å². The fourth-order valence-corrected chi connectivity index (χ4v) is 2.33. The van der Waals surface area contributed by atoms with E-state index in [9.17, 15) is 0 Å². The zero-order chi connectivity index (χ0) is 13.5. The Morgan fingerprint density at radius 2 is 2.00 bits per heavy atom. The van der Waals surface area contributed by atoms with E-state index in [1.165, 1.54) is 25.7 Å². The third-order valence-corrected chi connectivity index (χ3v) is 3.41. The molecule has 0 unspecified atom stereocenters. The summed E-state index contributed by atoms with van der Waals surface area (Å²) in [6.07, 6.45) is 6.38. The number of aryl methyl sites for hydroxylation is 1. The van der Waals surface area contributed by atoms with Gasteiger partial charge >= 0.3 is 0 Å². The van der Waals surface area contributed by atoms with Crippen molar-refractivity contribution in [3.8, 4) is 0 Å². The predicted molar refractivity (Wildman–Crippen MR) is 77.7 cm³/mol. The summed E-state index contributed by atoms with van der Waals surface area (Å²) >= 11 is 0. The molecule has 0 aromatic carbocycles. The van der Waals surface area contributed by atoms with Gasteiger partial charge in [0.05, 0.1) is 12.7 Å². The Hall–Kier alpha value is -1.36. The first-order valence-corrected chi connectivity index (χ1v) is 7.23. The average molecular weight is 264 g/mol. The second-order valence-corrected chi connectivity index (χ2v) is 4.86. The Bertz CT molecular complexity index is 369. The summed E-state index contributed by atoms with van der Waals surface area (Å²) in [4.78, 5) is 8.82. The molecule has 0 bridgehead atoms.